The van der Waals surface area contributed by atoms with Crippen molar-refractivity contribution in [2.75, 3.05) is 11.1 Å². The first kappa shape index (κ1) is 15.8. The van der Waals surface area contributed by atoms with Gasteiger partial charge in [-0.05, 0) is 43.9 Å². The van der Waals surface area contributed by atoms with E-state index in [9.17, 15) is 4.79 Å². The van der Waals surface area contributed by atoms with Gasteiger partial charge in [-0.15, -0.1) is 0 Å². The van der Waals surface area contributed by atoms with Gasteiger partial charge in [0.05, 0.1) is 6.10 Å². The fraction of sp³-hybridized carbons (Fsp3) is 0.588. The lowest BCUT2D eigenvalue weighted by Crippen LogP contribution is -2.34. The Morgan fingerprint density at radius 1 is 1.48 bits per heavy atom. The minimum Gasteiger partial charge on any atom is -0.399 e. The molecule has 1 amide bonds. The number of nitrogens with one attached hydrogen (secondary N) is 1. The van der Waals surface area contributed by atoms with Crippen molar-refractivity contribution in [1.82, 2.24) is 0 Å². The van der Waals surface area contributed by atoms with Gasteiger partial charge in [-0.3, -0.25) is 4.79 Å². The number of carbonyl (C=O) groups is 1. The number of nitrogens with two attached hydrogens (primary N) is 1. The fourth-order valence-corrected chi connectivity index (χ4v) is 2.95. The molecule has 0 aliphatic heterocycles. The van der Waals surface area contributed by atoms with Crippen molar-refractivity contribution in [3.05, 3.63) is 24.3 Å². The van der Waals surface area contributed by atoms with Crippen LogP contribution in [0.1, 0.15) is 46.0 Å². The number of benzene rings is 1. The molecule has 3 atom stereocenters. The Kier molecular flexibility index (Phi) is 5.62. The predicted octanol–water partition coefficient (Wildman–Crippen LogP) is 3.58. The lowest BCUT2D eigenvalue weighted by atomic mass is 9.85. The van der Waals surface area contributed by atoms with Crippen molar-refractivity contribution >= 4 is 17.3 Å². The second-order valence-electron chi connectivity index (χ2n) is 5.96. The fourth-order valence-electron chi connectivity index (χ4n) is 2.95. The van der Waals surface area contributed by atoms with Crippen molar-refractivity contribution in [2.45, 2.75) is 58.2 Å². The van der Waals surface area contributed by atoms with Crippen LogP contribution in [0.2, 0.25) is 0 Å². The number of rotatable bonds is 5. The highest BCUT2D eigenvalue weighted by molar-refractivity contribution is 5.94. The van der Waals surface area contributed by atoms with Gasteiger partial charge in [0.25, 0.3) is 5.91 Å². The van der Waals surface area contributed by atoms with Crippen LogP contribution in [-0.4, -0.2) is 18.1 Å². The first-order chi connectivity index (χ1) is 10.1. The molecule has 1 aromatic carbocycles. The van der Waals surface area contributed by atoms with Crippen LogP contribution in [0.15, 0.2) is 24.3 Å². The lowest BCUT2D eigenvalue weighted by Gasteiger charge is -2.30. The van der Waals surface area contributed by atoms with E-state index in [0.717, 1.165) is 18.8 Å². The summed E-state index contributed by atoms with van der Waals surface area (Å²) in [6, 6.07) is 7.19. The van der Waals surface area contributed by atoms with Crippen molar-refractivity contribution < 1.29 is 9.53 Å². The molecule has 3 N–H and O–H groups in total. The van der Waals surface area contributed by atoms with Crippen LogP contribution in [0.25, 0.3) is 0 Å². The number of ether oxygens (including phenoxy) is 1. The van der Waals surface area contributed by atoms with E-state index in [2.05, 4.69) is 12.2 Å². The molecule has 0 heterocycles. The van der Waals surface area contributed by atoms with Crippen LogP contribution in [0.3, 0.4) is 0 Å². The van der Waals surface area contributed by atoms with Crippen molar-refractivity contribution in [2.24, 2.45) is 5.92 Å². The molecule has 1 aliphatic carbocycles. The van der Waals surface area contributed by atoms with Crippen LogP contribution >= 0.6 is 0 Å². The summed E-state index contributed by atoms with van der Waals surface area (Å²) in [4.78, 5) is 12.2. The van der Waals surface area contributed by atoms with Crippen molar-refractivity contribution in [1.29, 1.82) is 0 Å². The van der Waals surface area contributed by atoms with Gasteiger partial charge in [0.1, 0.15) is 6.10 Å². The molecule has 116 valence electrons. The average Bonchev–Trinajstić information content (AvgIpc) is 2.47. The smallest absolute Gasteiger partial charge is 0.253 e. The van der Waals surface area contributed by atoms with Crippen LogP contribution in [0.5, 0.6) is 0 Å². The van der Waals surface area contributed by atoms with E-state index in [4.69, 9.17) is 10.5 Å². The summed E-state index contributed by atoms with van der Waals surface area (Å²) >= 11 is 0. The van der Waals surface area contributed by atoms with Gasteiger partial charge in [0, 0.05) is 11.4 Å². The van der Waals surface area contributed by atoms with Gasteiger partial charge in [-0.1, -0.05) is 32.3 Å². The molecular weight excluding hydrogens is 264 g/mol. The molecule has 0 spiro atoms. The van der Waals surface area contributed by atoms with Gasteiger partial charge >= 0.3 is 0 Å². The predicted molar refractivity (Wildman–Crippen MR) is 86.1 cm³/mol. The summed E-state index contributed by atoms with van der Waals surface area (Å²) in [5, 5.41) is 2.85. The highest BCUT2D eigenvalue weighted by atomic mass is 16.5. The molecule has 0 bridgehead atoms. The van der Waals surface area contributed by atoms with E-state index in [1.807, 2.05) is 19.1 Å². The third-order valence-corrected chi connectivity index (χ3v) is 4.23. The van der Waals surface area contributed by atoms with E-state index in [1.54, 1.807) is 12.1 Å². The first-order valence-electron chi connectivity index (χ1n) is 7.90. The normalized spacial score (nSPS) is 23.5. The number of amides is 1. The number of nitrogen functional groups attached to an aromatic ring is 1. The van der Waals surface area contributed by atoms with Gasteiger partial charge in [0.15, 0.2) is 0 Å². The summed E-state index contributed by atoms with van der Waals surface area (Å²) in [5.74, 6) is 0.632. The topological polar surface area (TPSA) is 64.3 Å². The van der Waals surface area contributed by atoms with Gasteiger partial charge in [-0.2, -0.15) is 0 Å². The highest BCUT2D eigenvalue weighted by Gasteiger charge is 2.25. The molecule has 1 fully saturated rings. The summed E-state index contributed by atoms with van der Waals surface area (Å²) in [6.45, 7) is 4.04. The Hall–Kier alpha value is -1.55. The van der Waals surface area contributed by atoms with Crippen LogP contribution < -0.4 is 11.1 Å². The van der Waals surface area contributed by atoms with Crippen LogP contribution in [-0.2, 0) is 9.53 Å². The van der Waals surface area contributed by atoms with Gasteiger partial charge in [-0.25, -0.2) is 0 Å². The number of anilines is 2. The number of hydrogen-bond donors (Lipinski definition) is 2. The third-order valence-electron chi connectivity index (χ3n) is 4.23. The summed E-state index contributed by atoms with van der Waals surface area (Å²) < 4.78 is 5.94. The molecule has 4 nitrogen and oxygen atoms in total. The molecule has 2 rings (SSSR count). The van der Waals surface area contributed by atoms with E-state index in [1.165, 1.54) is 19.3 Å². The quantitative estimate of drug-likeness (QED) is 0.815. The zero-order valence-corrected chi connectivity index (χ0v) is 13.0. The van der Waals surface area contributed by atoms with Crippen molar-refractivity contribution in [3.63, 3.8) is 0 Å². The standard InChI is InChI=1S/C17H26N2O2/c1-3-13-6-4-9-16(10-13)21-12(2)17(20)19-15-8-5-7-14(18)11-15/h5,7-8,11-13,16H,3-4,6,9-10,18H2,1-2H3,(H,19,20). The maximum absolute atomic E-state index is 12.2. The van der Waals surface area contributed by atoms with E-state index in [0.29, 0.717) is 11.4 Å². The maximum atomic E-state index is 12.2. The molecule has 1 aromatic rings. The minimum absolute atomic E-state index is 0.112. The Morgan fingerprint density at radius 2 is 2.29 bits per heavy atom. The van der Waals surface area contributed by atoms with Gasteiger partial charge in [0.2, 0.25) is 0 Å². The number of carbonyl (C=O) groups excluding carboxylic acids is 1. The molecule has 4 heteroatoms. The summed E-state index contributed by atoms with van der Waals surface area (Å²) in [6.07, 6.45) is 5.60. The first-order valence-corrected chi connectivity index (χ1v) is 7.90. The second kappa shape index (κ2) is 7.46. The summed E-state index contributed by atoms with van der Waals surface area (Å²) in [7, 11) is 0. The largest absolute Gasteiger partial charge is 0.399 e. The monoisotopic (exact) mass is 290 g/mol. The van der Waals surface area contributed by atoms with Gasteiger partial charge < -0.3 is 15.8 Å². The third kappa shape index (κ3) is 4.74. The molecule has 1 saturated carbocycles. The summed E-state index contributed by atoms with van der Waals surface area (Å²) in [5.41, 5.74) is 7.06. The number of hydrogen-bond acceptors (Lipinski definition) is 3. The van der Waals surface area contributed by atoms with Crippen molar-refractivity contribution in [3.8, 4) is 0 Å². The molecule has 21 heavy (non-hydrogen) atoms. The van der Waals surface area contributed by atoms with E-state index in [-0.39, 0.29) is 12.0 Å². The lowest BCUT2D eigenvalue weighted by molar-refractivity contribution is -0.131. The molecule has 0 radical (unpaired) electrons. The minimum atomic E-state index is -0.438. The Morgan fingerprint density at radius 3 is 3.00 bits per heavy atom. The molecule has 1 aliphatic rings. The molecule has 0 saturated heterocycles. The average molecular weight is 290 g/mol. The van der Waals surface area contributed by atoms with Crippen LogP contribution in [0, 0.1) is 5.92 Å². The Balaban J connectivity index is 1.84. The molecular formula is C17H26N2O2. The SMILES string of the molecule is CCC1CCCC(OC(C)C(=O)Nc2cccc(N)c2)C1. The Bertz CT molecular complexity index is 476. The van der Waals surface area contributed by atoms with E-state index >= 15 is 0 Å². The zero-order valence-electron chi connectivity index (χ0n) is 13.0. The second-order valence-corrected chi connectivity index (χ2v) is 5.96. The maximum Gasteiger partial charge on any atom is 0.253 e. The Labute approximate surface area is 127 Å². The highest BCUT2D eigenvalue weighted by Crippen LogP contribution is 2.29. The van der Waals surface area contributed by atoms with Crippen LogP contribution in [0.4, 0.5) is 11.4 Å². The zero-order chi connectivity index (χ0) is 15.2. The molecule has 0 aromatic heterocycles. The van der Waals surface area contributed by atoms with E-state index < -0.39 is 6.10 Å². The molecule has 3 unspecified atom stereocenters.